The summed E-state index contributed by atoms with van der Waals surface area (Å²) in [5.41, 5.74) is 0. The standard InChI is InChI=1S/C13H28N2O/c1-5-15(10-12-7-6-8-16-12)13(9-14-4)11(2)3/h11-14H,5-10H2,1-4H3. The molecule has 0 radical (unpaired) electrons. The van der Waals surface area contributed by atoms with E-state index in [9.17, 15) is 0 Å². The third-order valence-corrected chi connectivity index (χ3v) is 3.52. The van der Waals surface area contributed by atoms with E-state index in [2.05, 4.69) is 31.0 Å². The first-order valence-corrected chi connectivity index (χ1v) is 6.69. The maximum atomic E-state index is 5.73. The van der Waals surface area contributed by atoms with Crippen LogP contribution in [-0.2, 0) is 4.74 Å². The van der Waals surface area contributed by atoms with Gasteiger partial charge in [0, 0.05) is 25.7 Å². The van der Waals surface area contributed by atoms with Gasteiger partial charge in [0.15, 0.2) is 0 Å². The van der Waals surface area contributed by atoms with Gasteiger partial charge < -0.3 is 10.1 Å². The molecule has 0 aromatic heterocycles. The summed E-state index contributed by atoms with van der Waals surface area (Å²) < 4.78 is 5.73. The highest BCUT2D eigenvalue weighted by molar-refractivity contribution is 4.79. The summed E-state index contributed by atoms with van der Waals surface area (Å²) in [4.78, 5) is 2.57. The molecule has 0 aliphatic carbocycles. The summed E-state index contributed by atoms with van der Waals surface area (Å²) >= 11 is 0. The molecular weight excluding hydrogens is 200 g/mol. The van der Waals surface area contributed by atoms with E-state index >= 15 is 0 Å². The van der Waals surface area contributed by atoms with E-state index < -0.39 is 0 Å². The molecule has 0 amide bonds. The number of ether oxygens (including phenoxy) is 1. The normalized spacial score (nSPS) is 23.2. The highest BCUT2D eigenvalue weighted by Gasteiger charge is 2.24. The number of rotatable bonds is 7. The van der Waals surface area contributed by atoms with E-state index in [4.69, 9.17) is 4.74 Å². The van der Waals surface area contributed by atoms with Crippen LogP contribution in [0.3, 0.4) is 0 Å². The minimum Gasteiger partial charge on any atom is -0.377 e. The second-order valence-corrected chi connectivity index (χ2v) is 5.09. The lowest BCUT2D eigenvalue weighted by Crippen LogP contribution is -2.47. The van der Waals surface area contributed by atoms with Crippen molar-refractivity contribution in [2.45, 2.75) is 45.8 Å². The molecule has 1 aliphatic heterocycles. The molecule has 0 bridgehead atoms. The van der Waals surface area contributed by atoms with Crippen LogP contribution in [0.25, 0.3) is 0 Å². The fourth-order valence-corrected chi connectivity index (χ4v) is 2.54. The van der Waals surface area contributed by atoms with Crippen molar-refractivity contribution in [2.75, 3.05) is 33.3 Å². The molecule has 1 aliphatic rings. The molecule has 3 heteroatoms. The second-order valence-electron chi connectivity index (χ2n) is 5.09. The third kappa shape index (κ3) is 4.04. The lowest BCUT2D eigenvalue weighted by atomic mass is 10.0. The Kier molecular flexibility index (Phi) is 6.32. The summed E-state index contributed by atoms with van der Waals surface area (Å²) in [6.07, 6.45) is 2.94. The van der Waals surface area contributed by atoms with Crippen LogP contribution in [0.1, 0.15) is 33.6 Å². The van der Waals surface area contributed by atoms with Crippen LogP contribution < -0.4 is 5.32 Å². The molecule has 16 heavy (non-hydrogen) atoms. The number of likely N-dealkylation sites (N-methyl/N-ethyl adjacent to an activating group) is 2. The van der Waals surface area contributed by atoms with Crippen molar-refractivity contribution in [2.24, 2.45) is 5.92 Å². The van der Waals surface area contributed by atoms with Gasteiger partial charge in [0.1, 0.15) is 0 Å². The number of hydrogen-bond acceptors (Lipinski definition) is 3. The van der Waals surface area contributed by atoms with Crippen molar-refractivity contribution in [1.82, 2.24) is 10.2 Å². The summed E-state index contributed by atoms with van der Waals surface area (Å²) in [6.45, 7) is 11.1. The molecule has 1 heterocycles. The predicted molar refractivity (Wildman–Crippen MR) is 68.8 cm³/mol. The van der Waals surface area contributed by atoms with Gasteiger partial charge in [-0.25, -0.2) is 0 Å². The first-order chi connectivity index (χ1) is 7.69. The van der Waals surface area contributed by atoms with Crippen LogP contribution in [0.4, 0.5) is 0 Å². The van der Waals surface area contributed by atoms with E-state index in [1.807, 2.05) is 7.05 Å². The van der Waals surface area contributed by atoms with Gasteiger partial charge in [-0.15, -0.1) is 0 Å². The highest BCUT2D eigenvalue weighted by Crippen LogP contribution is 2.17. The van der Waals surface area contributed by atoms with Gasteiger partial charge in [-0.1, -0.05) is 20.8 Å². The zero-order valence-electron chi connectivity index (χ0n) is 11.3. The van der Waals surface area contributed by atoms with Gasteiger partial charge in [-0.2, -0.15) is 0 Å². The van der Waals surface area contributed by atoms with Gasteiger partial charge in [0.2, 0.25) is 0 Å². The van der Waals surface area contributed by atoms with E-state index in [1.165, 1.54) is 12.8 Å². The Hall–Kier alpha value is -0.120. The molecular formula is C13H28N2O. The molecule has 0 aromatic rings. The molecule has 2 atom stereocenters. The van der Waals surface area contributed by atoms with Crippen LogP contribution in [0.15, 0.2) is 0 Å². The van der Waals surface area contributed by atoms with Crippen LogP contribution in [0.5, 0.6) is 0 Å². The second kappa shape index (κ2) is 7.25. The molecule has 1 rings (SSSR count). The Labute approximate surface area is 101 Å². The number of hydrogen-bond donors (Lipinski definition) is 1. The molecule has 0 saturated carbocycles. The quantitative estimate of drug-likeness (QED) is 0.718. The van der Waals surface area contributed by atoms with Crippen LogP contribution >= 0.6 is 0 Å². The predicted octanol–water partition coefficient (Wildman–Crippen LogP) is 1.73. The summed E-state index contributed by atoms with van der Waals surface area (Å²) in [6, 6.07) is 0.624. The SMILES string of the molecule is CCN(CC1CCCO1)C(CNC)C(C)C. The average Bonchev–Trinajstić information content (AvgIpc) is 2.75. The summed E-state index contributed by atoms with van der Waals surface area (Å²) in [5.74, 6) is 0.689. The van der Waals surface area contributed by atoms with E-state index in [1.54, 1.807) is 0 Å². The fourth-order valence-electron chi connectivity index (χ4n) is 2.54. The van der Waals surface area contributed by atoms with Gasteiger partial charge >= 0.3 is 0 Å². The zero-order chi connectivity index (χ0) is 12.0. The fraction of sp³-hybridized carbons (Fsp3) is 1.00. The average molecular weight is 228 g/mol. The minimum atomic E-state index is 0.470. The molecule has 3 nitrogen and oxygen atoms in total. The minimum absolute atomic E-state index is 0.470. The lowest BCUT2D eigenvalue weighted by molar-refractivity contribution is 0.0498. The van der Waals surface area contributed by atoms with Crippen LogP contribution in [0, 0.1) is 5.92 Å². The monoisotopic (exact) mass is 228 g/mol. The molecule has 0 spiro atoms. The van der Waals surface area contributed by atoms with E-state index in [-0.39, 0.29) is 0 Å². The van der Waals surface area contributed by atoms with Crippen molar-refractivity contribution in [3.63, 3.8) is 0 Å². The topological polar surface area (TPSA) is 24.5 Å². The Morgan fingerprint density at radius 2 is 2.19 bits per heavy atom. The summed E-state index contributed by atoms with van der Waals surface area (Å²) in [7, 11) is 2.04. The Morgan fingerprint density at radius 1 is 1.44 bits per heavy atom. The third-order valence-electron chi connectivity index (χ3n) is 3.52. The first kappa shape index (κ1) is 13.9. The van der Waals surface area contributed by atoms with Crippen LogP contribution in [0.2, 0.25) is 0 Å². The largest absolute Gasteiger partial charge is 0.377 e. The smallest absolute Gasteiger partial charge is 0.0702 e. The Bertz CT molecular complexity index is 179. The van der Waals surface area contributed by atoms with Gasteiger partial charge in [0.25, 0.3) is 0 Å². The van der Waals surface area contributed by atoms with Crippen LogP contribution in [-0.4, -0.2) is 50.3 Å². The zero-order valence-corrected chi connectivity index (χ0v) is 11.3. The number of nitrogens with one attached hydrogen (secondary N) is 1. The van der Waals surface area contributed by atoms with Gasteiger partial charge in [-0.3, -0.25) is 4.90 Å². The first-order valence-electron chi connectivity index (χ1n) is 6.69. The molecule has 1 N–H and O–H groups in total. The highest BCUT2D eigenvalue weighted by atomic mass is 16.5. The van der Waals surface area contributed by atoms with Crippen molar-refractivity contribution in [3.8, 4) is 0 Å². The maximum Gasteiger partial charge on any atom is 0.0702 e. The number of nitrogens with zero attached hydrogens (tertiary/aromatic N) is 1. The van der Waals surface area contributed by atoms with Gasteiger partial charge in [0.05, 0.1) is 6.10 Å². The molecule has 96 valence electrons. The van der Waals surface area contributed by atoms with Crippen molar-refractivity contribution < 1.29 is 4.74 Å². The molecule has 1 fully saturated rings. The van der Waals surface area contributed by atoms with Crippen molar-refractivity contribution >= 4 is 0 Å². The van der Waals surface area contributed by atoms with E-state index in [0.29, 0.717) is 18.1 Å². The van der Waals surface area contributed by atoms with Crippen molar-refractivity contribution in [1.29, 1.82) is 0 Å². The molecule has 2 unspecified atom stereocenters. The lowest BCUT2D eigenvalue weighted by Gasteiger charge is -2.35. The molecule has 1 saturated heterocycles. The Balaban J connectivity index is 2.47. The Morgan fingerprint density at radius 3 is 2.62 bits per heavy atom. The van der Waals surface area contributed by atoms with E-state index in [0.717, 1.165) is 26.2 Å². The summed E-state index contributed by atoms with van der Waals surface area (Å²) in [5, 5.41) is 3.31. The van der Waals surface area contributed by atoms with Crippen molar-refractivity contribution in [3.05, 3.63) is 0 Å². The molecule has 0 aromatic carbocycles. The maximum absolute atomic E-state index is 5.73. The van der Waals surface area contributed by atoms with Gasteiger partial charge in [-0.05, 0) is 32.4 Å².